The molecule has 5 N–H and O–H groups in total. The molecule has 6 aliphatic rings. The van der Waals surface area contributed by atoms with Crippen LogP contribution in [0.1, 0.15) is 155 Å². The van der Waals surface area contributed by atoms with Crippen LogP contribution in [-0.2, 0) is 28.7 Å². The van der Waals surface area contributed by atoms with E-state index in [1.54, 1.807) is 0 Å². The lowest BCUT2D eigenvalue weighted by Crippen LogP contribution is -2.48. The number of nitrogens with one attached hydrogen (secondary N) is 2. The third kappa shape index (κ3) is 11.3. The molecule has 322 valence electrons. The highest BCUT2D eigenvalue weighted by Crippen LogP contribution is 2.49. The number of rotatable bonds is 13. The first-order chi connectivity index (χ1) is 27.2. The van der Waals surface area contributed by atoms with Crippen molar-refractivity contribution in [2.75, 3.05) is 0 Å². The minimum atomic E-state index is -1.13. The highest BCUT2D eigenvalue weighted by molar-refractivity contribution is 5.85. The lowest BCUT2D eigenvalue weighted by Gasteiger charge is -2.47. The van der Waals surface area contributed by atoms with E-state index >= 15 is 0 Å². The molecule has 2 amide bonds. The van der Waals surface area contributed by atoms with Gasteiger partial charge in [0.25, 0.3) is 0 Å². The van der Waals surface area contributed by atoms with Gasteiger partial charge >= 0.3 is 11.9 Å². The molecule has 0 radical (unpaired) electrons. The molecule has 0 aromatic carbocycles. The summed E-state index contributed by atoms with van der Waals surface area (Å²) in [5.74, 6) is -4.42. The van der Waals surface area contributed by atoms with E-state index in [1.807, 2.05) is 0 Å². The third-order valence-electron chi connectivity index (χ3n) is 15.5. The number of hydrogen-bond donors (Lipinski definition) is 5. The van der Waals surface area contributed by atoms with Gasteiger partial charge in [-0.2, -0.15) is 0 Å². The van der Waals surface area contributed by atoms with Gasteiger partial charge in [-0.25, -0.2) is 0 Å². The maximum Gasteiger partial charge on any atom is 0.307 e. The molecular weight excluding hydrogens is 734 g/mol. The maximum atomic E-state index is 13.1. The van der Waals surface area contributed by atoms with Crippen LogP contribution in [0.15, 0.2) is 0 Å². The molecule has 6 atom stereocenters. The predicted octanol–water partition coefficient (Wildman–Crippen LogP) is 6.03. The first kappa shape index (κ1) is 43.7. The zero-order chi connectivity index (χ0) is 40.9. The second-order valence-electron chi connectivity index (χ2n) is 19.3. The second kappa shape index (κ2) is 19.5. The van der Waals surface area contributed by atoms with Crippen LogP contribution >= 0.6 is 0 Å². The minimum Gasteiger partial charge on any atom is -0.481 e. The Labute approximate surface area is 337 Å². The quantitative estimate of drug-likeness (QED) is 0.107. The lowest BCUT2D eigenvalue weighted by molar-refractivity contribution is -0.528. The maximum absolute atomic E-state index is 13.1. The number of aliphatic hydroxyl groups is 1. The Morgan fingerprint density at radius 3 is 1.30 bits per heavy atom. The largest absolute Gasteiger partial charge is 0.481 e. The average molecular weight is 804 g/mol. The van der Waals surface area contributed by atoms with Gasteiger partial charge in [-0.3, -0.25) is 29.3 Å². The Hall–Kier alpha value is -2.84. The van der Waals surface area contributed by atoms with E-state index in [0.717, 1.165) is 77.0 Å². The molecule has 6 aliphatic carbocycles. The van der Waals surface area contributed by atoms with E-state index < -0.39 is 52.7 Å². The van der Waals surface area contributed by atoms with Crippen molar-refractivity contribution in [3.63, 3.8) is 0 Å². The molecule has 0 spiro atoms. The Balaban J connectivity index is 0.845. The van der Waals surface area contributed by atoms with Gasteiger partial charge in [-0.15, -0.1) is 0 Å². The van der Waals surface area contributed by atoms with Gasteiger partial charge in [0.2, 0.25) is 17.9 Å². The summed E-state index contributed by atoms with van der Waals surface area (Å²) in [7, 11) is 0. The SMILES string of the molecule is CC(C)(C1CCC(OC2CCC(NC(=O)C3CCC(O)CC3C(=O)O)CC2)CC1)C1CCC(OC2CCC(NC(=O)C3CCC([N+](=O)[O-])CC3C(=O)O)CC2)CC1. The molecule has 0 aromatic heterocycles. The number of carbonyl (C=O) groups is 4. The number of hydrogen-bond acceptors (Lipinski definition) is 9. The summed E-state index contributed by atoms with van der Waals surface area (Å²) in [4.78, 5) is 60.4. The molecule has 0 aromatic rings. The number of aliphatic carboxylic acids is 2. The molecule has 0 heterocycles. The molecule has 57 heavy (non-hydrogen) atoms. The van der Waals surface area contributed by atoms with Gasteiger partial charge in [0.05, 0.1) is 54.2 Å². The van der Waals surface area contributed by atoms with Crippen LogP contribution in [0.3, 0.4) is 0 Å². The number of nitrogens with zero attached hydrogens (tertiary/aromatic N) is 1. The van der Waals surface area contributed by atoms with Crippen LogP contribution in [-0.4, -0.2) is 92.6 Å². The molecule has 0 saturated heterocycles. The van der Waals surface area contributed by atoms with Crippen molar-refractivity contribution in [3.05, 3.63) is 10.1 Å². The Morgan fingerprint density at radius 1 is 0.544 bits per heavy atom. The fraction of sp³-hybridized carbons (Fsp3) is 0.907. The first-order valence-electron chi connectivity index (χ1n) is 22.4. The number of carboxylic acid groups (broad SMARTS) is 2. The Kier molecular flexibility index (Phi) is 14.9. The van der Waals surface area contributed by atoms with Crippen LogP contribution in [0.5, 0.6) is 0 Å². The second-order valence-corrected chi connectivity index (χ2v) is 19.3. The third-order valence-corrected chi connectivity index (χ3v) is 15.5. The summed E-state index contributed by atoms with van der Waals surface area (Å²) in [5.41, 5.74) is 0.251. The van der Waals surface area contributed by atoms with Crippen molar-refractivity contribution < 1.29 is 48.9 Å². The van der Waals surface area contributed by atoms with Crippen molar-refractivity contribution in [3.8, 4) is 0 Å². The minimum absolute atomic E-state index is 0.0216. The van der Waals surface area contributed by atoms with Gasteiger partial charge in [-0.1, -0.05) is 13.8 Å². The highest BCUT2D eigenvalue weighted by Gasteiger charge is 2.45. The van der Waals surface area contributed by atoms with Gasteiger partial charge in [-0.05, 0) is 146 Å². The summed E-state index contributed by atoms with van der Waals surface area (Å²) in [5, 5.41) is 46.6. The molecule has 6 rings (SSSR count). The predicted molar refractivity (Wildman–Crippen MR) is 210 cm³/mol. The number of amides is 2. The number of aliphatic hydroxyl groups excluding tert-OH is 1. The number of nitro groups is 1. The fourth-order valence-electron chi connectivity index (χ4n) is 11.7. The summed E-state index contributed by atoms with van der Waals surface area (Å²) in [6.45, 7) is 4.94. The molecule has 0 bridgehead atoms. The van der Waals surface area contributed by atoms with Crippen LogP contribution in [0.25, 0.3) is 0 Å². The van der Waals surface area contributed by atoms with E-state index in [1.165, 1.54) is 25.7 Å². The molecular formula is C43H69N3O11. The topological polar surface area (TPSA) is 215 Å². The standard InChI is InChI=1S/C43H69N3O11/c1-43(2,26-5-15-32(16-6-26)57-34-19-9-28(10-20-34)45-40(49)36-22-12-30(47)24-38(36)42(52)53)25-3-13-31(14-4-25)56-33-17-7-27(8-18-33)44-39(48)35-21-11-29(46(54)55)23-37(35)41(50)51/h25-38,47H,3-24H2,1-2H3,(H,44,48)(H,45,49)(H,50,51)(H,52,53). The zero-order valence-electron chi connectivity index (χ0n) is 34.2. The molecule has 6 unspecified atom stereocenters. The first-order valence-corrected chi connectivity index (χ1v) is 22.4. The van der Waals surface area contributed by atoms with Crippen LogP contribution in [0.2, 0.25) is 0 Å². The van der Waals surface area contributed by atoms with Crippen molar-refractivity contribution in [1.29, 1.82) is 0 Å². The monoisotopic (exact) mass is 803 g/mol. The summed E-state index contributed by atoms with van der Waals surface area (Å²) in [6, 6.07) is -0.876. The average Bonchev–Trinajstić information content (AvgIpc) is 3.19. The van der Waals surface area contributed by atoms with E-state index in [0.29, 0.717) is 24.7 Å². The number of carbonyl (C=O) groups excluding carboxylic acids is 2. The van der Waals surface area contributed by atoms with Crippen LogP contribution < -0.4 is 10.6 Å². The molecule has 14 nitrogen and oxygen atoms in total. The summed E-state index contributed by atoms with van der Waals surface area (Å²) >= 11 is 0. The Morgan fingerprint density at radius 2 is 0.912 bits per heavy atom. The molecule has 6 saturated carbocycles. The van der Waals surface area contributed by atoms with Gasteiger partial charge < -0.3 is 35.4 Å². The van der Waals surface area contributed by atoms with Gasteiger partial charge in [0.1, 0.15) is 0 Å². The normalized spacial score (nSPS) is 39.4. The van der Waals surface area contributed by atoms with Crippen LogP contribution in [0, 0.1) is 51.0 Å². The van der Waals surface area contributed by atoms with Crippen molar-refractivity contribution in [1.82, 2.24) is 10.6 Å². The smallest absolute Gasteiger partial charge is 0.307 e. The lowest BCUT2D eigenvalue weighted by atomic mass is 9.60. The van der Waals surface area contributed by atoms with E-state index in [4.69, 9.17) is 9.47 Å². The van der Waals surface area contributed by atoms with E-state index in [2.05, 4.69) is 24.5 Å². The van der Waals surface area contributed by atoms with E-state index in [9.17, 15) is 44.6 Å². The molecule has 0 aliphatic heterocycles. The number of carboxylic acids is 2. The van der Waals surface area contributed by atoms with Crippen molar-refractivity contribution in [2.45, 2.75) is 204 Å². The summed E-state index contributed by atoms with van der Waals surface area (Å²) in [6.07, 6.45) is 17.4. The van der Waals surface area contributed by atoms with Crippen LogP contribution in [0.4, 0.5) is 0 Å². The molecule has 14 heteroatoms. The van der Waals surface area contributed by atoms with Crippen molar-refractivity contribution >= 4 is 23.8 Å². The van der Waals surface area contributed by atoms with E-state index in [-0.39, 0.29) is 79.4 Å². The highest BCUT2D eigenvalue weighted by atomic mass is 16.6. The summed E-state index contributed by atoms with van der Waals surface area (Å²) < 4.78 is 13.3. The Bertz CT molecular complexity index is 1390. The van der Waals surface area contributed by atoms with Crippen molar-refractivity contribution in [2.24, 2.45) is 40.9 Å². The number of ether oxygens (including phenoxy) is 2. The molecule has 6 fully saturated rings. The zero-order valence-corrected chi connectivity index (χ0v) is 34.2. The van der Waals surface area contributed by atoms with Gasteiger partial charge in [0.15, 0.2) is 0 Å². The van der Waals surface area contributed by atoms with Gasteiger partial charge in [0, 0.05) is 29.8 Å². The fourth-order valence-corrected chi connectivity index (χ4v) is 11.7.